The molecule has 4 nitrogen and oxygen atoms in total. The smallest absolute Gasteiger partial charge is 0.148 e. The van der Waals surface area contributed by atoms with Crippen molar-refractivity contribution in [2.24, 2.45) is 11.1 Å². The molecular weight excluding hydrogens is 224 g/mol. The first-order valence-corrected chi connectivity index (χ1v) is 6.88. The van der Waals surface area contributed by atoms with E-state index in [2.05, 4.69) is 35.4 Å². The molecule has 0 amide bonds. The van der Waals surface area contributed by atoms with Gasteiger partial charge in [0.25, 0.3) is 0 Å². The lowest BCUT2D eigenvalue weighted by atomic mass is 9.94. The summed E-state index contributed by atoms with van der Waals surface area (Å²) in [6, 6.07) is 4.15. The number of nitrogens with zero attached hydrogens (tertiary/aromatic N) is 2. The molecule has 0 unspecified atom stereocenters. The zero-order valence-electron chi connectivity index (χ0n) is 11.4. The fourth-order valence-electron chi connectivity index (χ4n) is 2.28. The van der Waals surface area contributed by atoms with Crippen LogP contribution in [0, 0.1) is 5.41 Å². The van der Waals surface area contributed by atoms with Crippen LogP contribution >= 0.6 is 0 Å². The van der Waals surface area contributed by atoms with Gasteiger partial charge >= 0.3 is 0 Å². The van der Waals surface area contributed by atoms with Gasteiger partial charge in [-0.15, -0.1) is 5.10 Å². The highest BCUT2D eigenvalue weighted by Gasteiger charge is 2.19. The highest BCUT2D eigenvalue weighted by Crippen LogP contribution is 2.32. The van der Waals surface area contributed by atoms with Crippen LogP contribution < -0.4 is 11.1 Å². The Labute approximate surface area is 109 Å². The first-order chi connectivity index (χ1) is 8.61. The number of nitrogens with one attached hydrogen (secondary N) is 1. The molecule has 0 spiro atoms. The third-order valence-corrected chi connectivity index (χ3v) is 3.76. The summed E-state index contributed by atoms with van der Waals surface area (Å²) in [6.45, 7) is 5.76. The SMILES string of the molecule is CC(C)(CN)CNc1ccc(C2CCCC2)nn1. The van der Waals surface area contributed by atoms with Crippen molar-refractivity contribution in [3.05, 3.63) is 17.8 Å². The maximum absolute atomic E-state index is 5.70. The van der Waals surface area contributed by atoms with Crippen LogP contribution in [0.4, 0.5) is 5.82 Å². The molecule has 1 aromatic rings. The monoisotopic (exact) mass is 248 g/mol. The van der Waals surface area contributed by atoms with E-state index in [1.807, 2.05) is 6.07 Å². The van der Waals surface area contributed by atoms with E-state index in [-0.39, 0.29) is 5.41 Å². The molecule has 3 N–H and O–H groups in total. The van der Waals surface area contributed by atoms with Crippen molar-refractivity contribution in [3.63, 3.8) is 0 Å². The summed E-state index contributed by atoms with van der Waals surface area (Å²) in [5.74, 6) is 1.48. The molecule has 1 aliphatic carbocycles. The molecule has 2 rings (SSSR count). The minimum atomic E-state index is 0.0891. The van der Waals surface area contributed by atoms with Crippen molar-refractivity contribution in [2.45, 2.75) is 45.4 Å². The summed E-state index contributed by atoms with van der Waals surface area (Å²) >= 11 is 0. The van der Waals surface area contributed by atoms with E-state index in [4.69, 9.17) is 5.73 Å². The van der Waals surface area contributed by atoms with Crippen molar-refractivity contribution in [2.75, 3.05) is 18.4 Å². The van der Waals surface area contributed by atoms with Gasteiger partial charge in [0.2, 0.25) is 0 Å². The fourth-order valence-corrected chi connectivity index (χ4v) is 2.28. The van der Waals surface area contributed by atoms with E-state index in [0.29, 0.717) is 12.5 Å². The van der Waals surface area contributed by atoms with Gasteiger partial charge in [0.15, 0.2) is 0 Å². The highest BCUT2D eigenvalue weighted by atomic mass is 15.2. The van der Waals surface area contributed by atoms with Gasteiger partial charge in [0.05, 0.1) is 5.69 Å². The minimum absolute atomic E-state index is 0.0891. The van der Waals surface area contributed by atoms with E-state index in [1.54, 1.807) is 0 Å². The second-order valence-electron chi connectivity index (χ2n) is 6.05. The highest BCUT2D eigenvalue weighted by molar-refractivity contribution is 5.33. The third kappa shape index (κ3) is 3.42. The Morgan fingerprint density at radius 3 is 2.56 bits per heavy atom. The number of hydrogen-bond donors (Lipinski definition) is 2. The largest absolute Gasteiger partial charge is 0.368 e. The summed E-state index contributed by atoms with van der Waals surface area (Å²) in [4.78, 5) is 0. The predicted molar refractivity (Wildman–Crippen MR) is 74.6 cm³/mol. The Balaban J connectivity index is 1.91. The van der Waals surface area contributed by atoms with E-state index in [9.17, 15) is 0 Å². The van der Waals surface area contributed by atoms with Gasteiger partial charge in [0.1, 0.15) is 5.82 Å². The van der Waals surface area contributed by atoms with Gasteiger partial charge in [-0.1, -0.05) is 26.7 Å². The predicted octanol–water partition coefficient (Wildman–Crippen LogP) is 2.53. The molecular formula is C14H24N4. The molecule has 1 saturated carbocycles. The van der Waals surface area contributed by atoms with Gasteiger partial charge in [-0.3, -0.25) is 0 Å². The van der Waals surface area contributed by atoms with Crippen LogP contribution in [-0.2, 0) is 0 Å². The first kappa shape index (κ1) is 13.3. The lowest BCUT2D eigenvalue weighted by Gasteiger charge is -2.22. The maximum atomic E-state index is 5.70. The molecule has 1 heterocycles. The Hall–Kier alpha value is -1.16. The van der Waals surface area contributed by atoms with Crippen molar-refractivity contribution in [1.82, 2.24) is 10.2 Å². The second-order valence-corrected chi connectivity index (χ2v) is 6.05. The summed E-state index contributed by atoms with van der Waals surface area (Å²) in [5, 5.41) is 11.9. The molecule has 1 fully saturated rings. The Bertz CT molecular complexity index is 366. The topological polar surface area (TPSA) is 63.8 Å². The maximum Gasteiger partial charge on any atom is 0.148 e. The molecule has 1 aliphatic rings. The van der Waals surface area contributed by atoms with Crippen LogP contribution in [0.25, 0.3) is 0 Å². The molecule has 100 valence electrons. The quantitative estimate of drug-likeness (QED) is 0.840. The summed E-state index contributed by atoms with van der Waals surface area (Å²) in [6.07, 6.45) is 5.19. The number of anilines is 1. The molecule has 0 bridgehead atoms. The Kier molecular flexibility index (Phi) is 4.17. The van der Waals surface area contributed by atoms with E-state index in [0.717, 1.165) is 18.1 Å². The molecule has 0 atom stereocenters. The average Bonchev–Trinajstić information content (AvgIpc) is 2.91. The van der Waals surface area contributed by atoms with Gasteiger partial charge in [-0.05, 0) is 36.9 Å². The zero-order valence-corrected chi connectivity index (χ0v) is 11.4. The van der Waals surface area contributed by atoms with Gasteiger partial charge in [0, 0.05) is 12.5 Å². The van der Waals surface area contributed by atoms with Gasteiger partial charge in [-0.2, -0.15) is 5.10 Å². The summed E-state index contributed by atoms with van der Waals surface area (Å²) in [7, 11) is 0. The minimum Gasteiger partial charge on any atom is -0.368 e. The number of hydrogen-bond acceptors (Lipinski definition) is 4. The third-order valence-electron chi connectivity index (χ3n) is 3.76. The lowest BCUT2D eigenvalue weighted by molar-refractivity contribution is 0.405. The average molecular weight is 248 g/mol. The zero-order chi connectivity index (χ0) is 13.0. The van der Waals surface area contributed by atoms with Gasteiger partial charge in [-0.25, -0.2) is 0 Å². The van der Waals surface area contributed by atoms with Crippen molar-refractivity contribution in [3.8, 4) is 0 Å². The van der Waals surface area contributed by atoms with Gasteiger partial charge < -0.3 is 11.1 Å². The molecule has 0 saturated heterocycles. The number of rotatable bonds is 5. The first-order valence-electron chi connectivity index (χ1n) is 6.88. The number of nitrogens with two attached hydrogens (primary N) is 1. The van der Waals surface area contributed by atoms with E-state index >= 15 is 0 Å². The van der Waals surface area contributed by atoms with Crippen LogP contribution in [0.1, 0.15) is 51.1 Å². The molecule has 0 aromatic carbocycles. The van der Waals surface area contributed by atoms with Crippen LogP contribution in [-0.4, -0.2) is 23.3 Å². The fraction of sp³-hybridized carbons (Fsp3) is 0.714. The van der Waals surface area contributed by atoms with Crippen LogP contribution in [0.15, 0.2) is 12.1 Å². The Morgan fingerprint density at radius 2 is 2.00 bits per heavy atom. The van der Waals surface area contributed by atoms with E-state index < -0.39 is 0 Å². The molecule has 0 radical (unpaired) electrons. The van der Waals surface area contributed by atoms with Crippen molar-refractivity contribution < 1.29 is 0 Å². The van der Waals surface area contributed by atoms with Crippen LogP contribution in [0.5, 0.6) is 0 Å². The second kappa shape index (κ2) is 5.65. The summed E-state index contributed by atoms with van der Waals surface area (Å²) < 4.78 is 0. The molecule has 1 aromatic heterocycles. The summed E-state index contributed by atoms with van der Waals surface area (Å²) in [5.41, 5.74) is 6.94. The standard InChI is InChI=1S/C14H24N4/c1-14(2,9-15)10-16-13-8-7-12(17-18-13)11-5-3-4-6-11/h7-8,11H,3-6,9-10,15H2,1-2H3,(H,16,18). The Morgan fingerprint density at radius 1 is 1.28 bits per heavy atom. The molecule has 0 aliphatic heterocycles. The van der Waals surface area contributed by atoms with Crippen LogP contribution in [0.2, 0.25) is 0 Å². The van der Waals surface area contributed by atoms with Crippen molar-refractivity contribution >= 4 is 5.82 Å². The normalized spacial score (nSPS) is 17.1. The molecule has 4 heteroatoms. The molecule has 18 heavy (non-hydrogen) atoms. The number of aromatic nitrogens is 2. The lowest BCUT2D eigenvalue weighted by Crippen LogP contribution is -2.31. The van der Waals surface area contributed by atoms with Crippen LogP contribution in [0.3, 0.4) is 0 Å². The van der Waals surface area contributed by atoms with Crippen molar-refractivity contribution in [1.29, 1.82) is 0 Å². The van der Waals surface area contributed by atoms with E-state index in [1.165, 1.54) is 25.7 Å².